The zero-order valence-electron chi connectivity index (χ0n) is 38.3. The van der Waals surface area contributed by atoms with Crippen LogP contribution in [0.4, 0.5) is 0 Å². The predicted molar refractivity (Wildman–Crippen MR) is 239 cm³/mol. The van der Waals surface area contributed by atoms with Crippen molar-refractivity contribution in [1.29, 1.82) is 0 Å². The second kappa shape index (κ2) is 24.9. The van der Waals surface area contributed by atoms with E-state index in [1.54, 1.807) is 38.5 Å². The van der Waals surface area contributed by atoms with Crippen molar-refractivity contribution in [2.75, 3.05) is 13.2 Å². The van der Waals surface area contributed by atoms with Gasteiger partial charge in [0.15, 0.2) is 0 Å². The van der Waals surface area contributed by atoms with Crippen LogP contribution in [0.3, 0.4) is 0 Å². The van der Waals surface area contributed by atoms with Gasteiger partial charge in [0.2, 0.25) is 0 Å². The fourth-order valence-electron chi connectivity index (χ4n) is 14.7. The quantitative estimate of drug-likeness (QED) is 0.0775. The minimum absolute atomic E-state index is 0.463. The van der Waals surface area contributed by atoms with Gasteiger partial charge in [0.25, 0.3) is 0 Å². The van der Waals surface area contributed by atoms with E-state index in [0.717, 1.165) is 66.5 Å². The first-order valence-electron chi connectivity index (χ1n) is 26.2. The molecular weight excluding hydrogens is 669 g/mol. The molecule has 0 amide bonds. The van der Waals surface area contributed by atoms with Crippen LogP contribution in [0, 0.1) is 64.6 Å². The molecule has 322 valence electrons. The Hall–Kier alpha value is -0.0800. The average molecular weight is 767 g/mol. The van der Waals surface area contributed by atoms with Crippen molar-refractivity contribution >= 4 is 0 Å². The average Bonchev–Trinajstić information content (AvgIpc) is 3.45. The highest BCUT2D eigenvalue weighted by atomic mass is 16.5. The summed E-state index contributed by atoms with van der Waals surface area (Å²) in [5.74, 6) is 8.86. The molecular formula is C53H98O2. The van der Waals surface area contributed by atoms with Crippen molar-refractivity contribution < 1.29 is 9.47 Å². The Morgan fingerprint density at radius 3 is 1.44 bits per heavy atom. The summed E-state index contributed by atoms with van der Waals surface area (Å²) in [7, 11) is 0. The van der Waals surface area contributed by atoms with Gasteiger partial charge < -0.3 is 9.47 Å². The van der Waals surface area contributed by atoms with Gasteiger partial charge >= 0.3 is 0 Å². The molecule has 12 atom stereocenters. The molecule has 0 spiro atoms. The van der Waals surface area contributed by atoms with Crippen LogP contribution in [0.25, 0.3) is 0 Å². The van der Waals surface area contributed by atoms with Gasteiger partial charge in [-0.15, -0.1) is 0 Å². The minimum atomic E-state index is 0.463. The maximum Gasteiger partial charge on any atom is 0.0637 e. The Labute approximate surface area is 345 Å². The van der Waals surface area contributed by atoms with E-state index in [4.69, 9.17) is 9.47 Å². The van der Waals surface area contributed by atoms with Gasteiger partial charge in [-0.25, -0.2) is 0 Å². The van der Waals surface area contributed by atoms with Crippen LogP contribution in [-0.2, 0) is 9.47 Å². The summed E-state index contributed by atoms with van der Waals surface area (Å²) in [5.41, 5.74) is 0.628. The largest absolute Gasteiger partial charge is 0.378 e. The van der Waals surface area contributed by atoms with Gasteiger partial charge in [0.05, 0.1) is 12.2 Å². The second-order valence-corrected chi connectivity index (χ2v) is 21.2. The normalized spacial score (nSPS) is 35.7. The van der Waals surface area contributed by atoms with Crippen LogP contribution < -0.4 is 0 Å². The molecule has 0 aromatic heterocycles. The second-order valence-electron chi connectivity index (χ2n) is 21.2. The number of hydrogen-bond donors (Lipinski definition) is 0. The van der Waals surface area contributed by atoms with Gasteiger partial charge in [-0.3, -0.25) is 0 Å². The van der Waals surface area contributed by atoms with Gasteiger partial charge in [-0.2, -0.15) is 0 Å². The van der Waals surface area contributed by atoms with Crippen LogP contribution >= 0.6 is 0 Å². The standard InChI is InChI=1S/C53H98O2/c1-7-11-15-19-21-23-35-53(36-24-22-20-16-12-8-2)49-39-41(5)27-30-45(49)46-32-29-43(40-50(46)53)44-33-34-47-48(52(44)55-38-26-18-14-10-4)31-28-42(6)51(47)54-37-25-17-13-9-3/h41-52H,7-40H2,1-6H3. The molecule has 5 aliphatic rings. The summed E-state index contributed by atoms with van der Waals surface area (Å²) in [6.07, 6.45) is 46.9. The van der Waals surface area contributed by atoms with Crippen molar-refractivity contribution in [2.45, 2.75) is 259 Å². The van der Waals surface area contributed by atoms with E-state index in [1.807, 2.05) is 0 Å². The summed E-state index contributed by atoms with van der Waals surface area (Å²) in [5, 5.41) is 0. The van der Waals surface area contributed by atoms with E-state index < -0.39 is 0 Å². The number of ether oxygens (including phenoxy) is 2. The lowest BCUT2D eigenvalue weighted by molar-refractivity contribution is -0.155. The van der Waals surface area contributed by atoms with Gasteiger partial charge in [-0.1, -0.05) is 164 Å². The molecule has 0 saturated heterocycles. The summed E-state index contributed by atoms with van der Waals surface area (Å²) in [6.45, 7) is 16.6. The van der Waals surface area contributed by atoms with E-state index in [2.05, 4.69) is 41.5 Å². The lowest BCUT2D eigenvalue weighted by atomic mass is 9.55. The molecule has 0 aromatic carbocycles. The number of unbranched alkanes of at least 4 members (excludes halogenated alkanes) is 16. The Morgan fingerprint density at radius 2 is 0.836 bits per heavy atom. The number of fused-ring (bicyclic) bond motifs is 4. The summed E-state index contributed by atoms with van der Waals surface area (Å²) in [4.78, 5) is 0. The van der Waals surface area contributed by atoms with E-state index in [1.165, 1.54) is 167 Å². The SMILES string of the molecule is CCCCCCCCC1(CCCCCCCC)C2CC(C)CCC2C2CCC(C3CCC4C(CCC(C)C4OCCCCCC)C3OCCCCCC)CC21. The van der Waals surface area contributed by atoms with Crippen LogP contribution in [0.1, 0.15) is 247 Å². The van der Waals surface area contributed by atoms with E-state index in [9.17, 15) is 0 Å². The van der Waals surface area contributed by atoms with Crippen molar-refractivity contribution in [3.8, 4) is 0 Å². The van der Waals surface area contributed by atoms with Crippen molar-refractivity contribution in [3.63, 3.8) is 0 Å². The minimum Gasteiger partial charge on any atom is -0.378 e. The van der Waals surface area contributed by atoms with E-state index >= 15 is 0 Å². The van der Waals surface area contributed by atoms with Gasteiger partial charge in [-0.05, 0) is 148 Å². The molecule has 2 nitrogen and oxygen atoms in total. The van der Waals surface area contributed by atoms with E-state index in [0.29, 0.717) is 23.5 Å². The van der Waals surface area contributed by atoms with Gasteiger partial charge in [0.1, 0.15) is 0 Å². The first kappa shape index (κ1) is 46.0. The maximum atomic E-state index is 7.35. The highest BCUT2D eigenvalue weighted by Gasteiger charge is 2.61. The van der Waals surface area contributed by atoms with Crippen LogP contribution in [-0.4, -0.2) is 25.4 Å². The molecule has 0 N–H and O–H groups in total. The third-order valence-electron chi connectivity index (χ3n) is 17.5. The topological polar surface area (TPSA) is 18.5 Å². The third-order valence-corrected chi connectivity index (χ3v) is 17.5. The molecule has 55 heavy (non-hydrogen) atoms. The Bertz CT molecular complexity index is 975. The smallest absolute Gasteiger partial charge is 0.0637 e. The lowest BCUT2D eigenvalue weighted by Crippen LogP contribution is -2.52. The fraction of sp³-hybridized carbons (Fsp3) is 1.00. The predicted octanol–water partition coefficient (Wildman–Crippen LogP) is 16.6. The molecule has 0 bridgehead atoms. The van der Waals surface area contributed by atoms with Crippen LogP contribution in [0.5, 0.6) is 0 Å². The Balaban J connectivity index is 1.36. The van der Waals surface area contributed by atoms with Crippen molar-refractivity contribution in [2.24, 2.45) is 64.6 Å². The molecule has 0 radical (unpaired) electrons. The van der Waals surface area contributed by atoms with Crippen molar-refractivity contribution in [3.05, 3.63) is 0 Å². The first-order valence-corrected chi connectivity index (χ1v) is 26.2. The molecule has 5 saturated carbocycles. The third kappa shape index (κ3) is 12.5. The molecule has 0 heterocycles. The zero-order chi connectivity index (χ0) is 38.9. The summed E-state index contributed by atoms with van der Waals surface area (Å²) in [6, 6.07) is 0. The highest BCUT2D eigenvalue weighted by molar-refractivity contribution is 5.10. The molecule has 0 aromatic rings. The van der Waals surface area contributed by atoms with Crippen molar-refractivity contribution in [1.82, 2.24) is 0 Å². The Morgan fingerprint density at radius 1 is 0.400 bits per heavy atom. The summed E-state index contributed by atoms with van der Waals surface area (Å²) < 4.78 is 14.3. The molecule has 5 aliphatic carbocycles. The zero-order valence-corrected chi connectivity index (χ0v) is 38.3. The summed E-state index contributed by atoms with van der Waals surface area (Å²) >= 11 is 0. The lowest BCUT2D eigenvalue weighted by Gasteiger charge is -2.54. The fourth-order valence-corrected chi connectivity index (χ4v) is 14.7. The van der Waals surface area contributed by atoms with Gasteiger partial charge in [0, 0.05) is 13.2 Å². The monoisotopic (exact) mass is 767 g/mol. The molecule has 5 fully saturated rings. The van der Waals surface area contributed by atoms with Crippen LogP contribution in [0.15, 0.2) is 0 Å². The highest BCUT2D eigenvalue weighted by Crippen LogP contribution is 2.69. The molecule has 2 heteroatoms. The molecule has 0 aliphatic heterocycles. The first-order chi connectivity index (χ1) is 27.0. The molecule has 5 rings (SSSR count). The Kier molecular flexibility index (Phi) is 20.8. The molecule has 12 unspecified atom stereocenters. The van der Waals surface area contributed by atoms with Crippen LogP contribution in [0.2, 0.25) is 0 Å². The number of rotatable bonds is 27. The maximum absolute atomic E-state index is 7.35. The van der Waals surface area contributed by atoms with E-state index in [-0.39, 0.29) is 0 Å². The number of hydrogen-bond acceptors (Lipinski definition) is 2.